The molecule has 0 aromatic heterocycles. The molecular formula is C19H30N2O4. The van der Waals surface area contributed by atoms with Crippen LogP contribution in [-0.4, -0.2) is 37.9 Å². The van der Waals surface area contributed by atoms with Crippen molar-refractivity contribution in [2.24, 2.45) is 11.8 Å². The van der Waals surface area contributed by atoms with Gasteiger partial charge in [-0.15, -0.1) is 0 Å². The number of methoxy groups -OCH3 is 1. The van der Waals surface area contributed by atoms with Crippen LogP contribution in [-0.2, 0) is 9.47 Å². The fourth-order valence-corrected chi connectivity index (χ4v) is 2.16. The molecule has 0 aliphatic rings. The zero-order valence-electron chi connectivity index (χ0n) is 16.0. The molecule has 1 amide bonds. The lowest BCUT2D eigenvalue weighted by Crippen LogP contribution is -2.38. The van der Waals surface area contributed by atoms with E-state index in [1.54, 1.807) is 12.1 Å². The van der Waals surface area contributed by atoms with E-state index in [0.29, 0.717) is 24.6 Å². The summed E-state index contributed by atoms with van der Waals surface area (Å²) in [7, 11) is 1.36. The number of alkyl carbamates (subject to hydrolysis) is 1. The number of nitrogens with one attached hydrogen (secondary N) is 2. The van der Waals surface area contributed by atoms with Crippen molar-refractivity contribution in [3.8, 4) is 0 Å². The summed E-state index contributed by atoms with van der Waals surface area (Å²) in [6, 6.07) is 7.12. The van der Waals surface area contributed by atoms with Crippen LogP contribution in [0.1, 0.15) is 45.0 Å². The van der Waals surface area contributed by atoms with Gasteiger partial charge < -0.3 is 20.1 Å². The summed E-state index contributed by atoms with van der Waals surface area (Å²) in [6.45, 7) is 11.0. The van der Waals surface area contributed by atoms with Gasteiger partial charge in [0.05, 0.1) is 12.7 Å². The summed E-state index contributed by atoms with van der Waals surface area (Å²) < 4.78 is 9.95. The molecule has 140 valence electrons. The van der Waals surface area contributed by atoms with Crippen LogP contribution in [0.3, 0.4) is 0 Å². The molecule has 2 N–H and O–H groups in total. The fraction of sp³-hybridized carbons (Fsp3) is 0.579. The first-order chi connectivity index (χ1) is 11.6. The molecule has 0 saturated heterocycles. The van der Waals surface area contributed by atoms with Crippen LogP contribution >= 0.6 is 0 Å². The number of anilines is 1. The Labute approximate surface area is 150 Å². The molecule has 1 aromatic rings. The van der Waals surface area contributed by atoms with Crippen LogP contribution in [0.2, 0.25) is 0 Å². The number of hydrogen-bond donors (Lipinski definition) is 2. The number of ether oxygens (including phenoxy) is 2. The maximum Gasteiger partial charge on any atom is 0.407 e. The highest BCUT2D eigenvalue weighted by atomic mass is 16.6. The van der Waals surface area contributed by atoms with Crippen molar-refractivity contribution in [1.29, 1.82) is 0 Å². The molecule has 0 heterocycles. The van der Waals surface area contributed by atoms with E-state index in [2.05, 4.69) is 29.2 Å². The van der Waals surface area contributed by atoms with Gasteiger partial charge in [-0.1, -0.05) is 13.8 Å². The Kier molecular flexibility index (Phi) is 7.74. The molecule has 0 aliphatic heterocycles. The SMILES string of the molecule is COC(=O)c1ccc(NCC(CNC(=O)OC(C)(C)C)C(C)C)cc1. The molecule has 25 heavy (non-hydrogen) atoms. The van der Waals surface area contributed by atoms with Gasteiger partial charge in [-0.2, -0.15) is 0 Å². The van der Waals surface area contributed by atoms with E-state index in [0.717, 1.165) is 5.69 Å². The normalized spacial score (nSPS) is 12.4. The molecule has 0 saturated carbocycles. The molecule has 0 fully saturated rings. The molecule has 6 heteroatoms. The largest absolute Gasteiger partial charge is 0.465 e. The van der Waals surface area contributed by atoms with E-state index < -0.39 is 11.7 Å². The second kappa shape index (κ2) is 9.30. The summed E-state index contributed by atoms with van der Waals surface area (Å²) in [4.78, 5) is 23.2. The predicted octanol–water partition coefficient (Wildman–Crippen LogP) is 3.68. The number of carbonyl (C=O) groups is 2. The van der Waals surface area contributed by atoms with Gasteiger partial charge >= 0.3 is 12.1 Å². The van der Waals surface area contributed by atoms with E-state index in [4.69, 9.17) is 4.74 Å². The van der Waals surface area contributed by atoms with E-state index in [1.807, 2.05) is 32.9 Å². The van der Waals surface area contributed by atoms with Gasteiger partial charge in [0.1, 0.15) is 5.60 Å². The summed E-state index contributed by atoms with van der Waals surface area (Å²) in [5.74, 6) is 0.276. The Hall–Kier alpha value is -2.24. The second-order valence-electron chi connectivity index (χ2n) is 7.34. The molecular weight excluding hydrogens is 320 g/mol. The molecule has 0 spiro atoms. The highest BCUT2D eigenvalue weighted by Crippen LogP contribution is 2.15. The van der Waals surface area contributed by atoms with Gasteiger partial charge in [0.15, 0.2) is 0 Å². The maximum atomic E-state index is 11.8. The van der Waals surface area contributed by atoms with Crippen molar-refractivity contribution in [3.63, 3.8) is 0 Å². The number of benzene rings is 1. The standard InChI is InChI=1S/C19H30N2O4/c1-13(2)15(12-21-18(23)25-19(3,4)5)11-20-16-9-7-14(8-10-16)17(22)24-6/h7-10,13,15,20H,11-12H2,1-6H3,(H,21,23). The monoisotopic (exact) mass is 350 g/mol. The summed E-state index contributed by atoms with van der Waals surface area (Å²) >= 11 is 0. The van der Waals surface area contributed by atoms with Gasteiger partial charge in [-0.05, 0) is 56.9 Å². The van der Waals surface area contributed by atoms with Crippen LogP contribution in [0.4, 0.5) is 10.5 Å². The van der Waals surface area contributed by atoms with Gasteiger partial charge in [0.25, 0.3) is 0 Å². The van der Waals surface area contributed by atoms with E-state index in [1.165, 1.54) is 7.11 Å². The lowest BCUT2D eigenvalue weighted by Gasteiger charge is -2.24. The van der Waals surface area contributed by atoms with Gasteiger partial charge in [-0.25, -0.2) is 9.59 Å². The van der Waals surface area contributed by atoms with Crippen LogP contribution in [0.5, 0.6) is 0 Å². The van der Waals surface area contributed by atoms with Crippen molar-refractivity contribution in [2.45, 2.75) is 40.2 Å². The highest BCUT2D eigenvalue weighted by Gasteiger charge is 2.19. The first-order valence-corrected chi connectivity index (χ1v) is 8.51. The molecule has 0 radical (unpaired) electrons. The third-order valence-corrected chi connectivity index (χ3v) is 3.72. The number of amides is 1. The average Bonchev–Trinajstić information content (AvgIpc) is 2.52. The molecule has 1 atom stereocenters. The fourth-order valence-electron chi connectivity index (χ4n) is 2.16. The second-order valence-corrected chi connectivity index (χ2v) is 7.34. The van der Waals surface area contributed by atoms with Crippen molar-refractivity contribution < 1.29 is 19.1 Å². The summed E-state index contributed by atoms with van der Waals surface area (Å²) in [5.41, 5.74) is 0.924. The molecule has 1 rings (SSSR count). The third-order valence-electron chi connectivity index (χ3n) is 3.72. The van der Waals surface area contributed by atoms with Crippen molar-refractivity contribution in [1.82, 2.24) is 5.32 Å². The Morgan fingerprint density at radius 1 is 1.08 bits per heavy atom. The van der Waals surface area contributed by atoms with Crippen molar-refractivity contribution >= 4 is 17.7 Å². The molecule has 0 bridgehead atoms. The van der Waals surface area contributed by atoms with Crippen molar-refractivity contribution in [2.75, 3.05) is 25.5 Å². The number of hydrogen-bond acceptors (Lipinski definition) is 5. The zero-order valence-corrected chi connectivity index (χ0v) is 16.0. The van der Waals surface area contributed by atoms with Gasteiger partial charge in [0.2, 0.25) is 0 Å². The topological polar surface area (TPSA) is 76.7 Å². The number of carbonyl (C=O) groups excluding carboxylic acids is 2. The van der Waals surface area contributed by atoms with E-state index in [-0.39, 0.29) is 11.9 Å². The van der Waals surface area contributed by atoms with Gasteiger partial charge in [-0.3, -0.25) is 0 Å². The van der Waals surface area contributed by atoms with Crippen molar-refractivity contribution in [3.05, 3.63) is 29.8 Å². The quantitative estimate of drug-likeness (QED) is 0.734. The van der Waals surface area contributed by atoms with Crippen LogP contribution in [0.25, 0.3) is 0 Å². The smallest absolute Gasteiger partial charge is 0.407 e. The van der Waals surface area contributed by atoms with E-state index >= 15 is 0 Å². The minimum absolute atomic E-state index is 0.243. The highest BCUT2D eigenvalue weighted by molar-refractivity contribution is 5.89. The number of rotatable bonds is 7. The number of esters is 1. The molecule has 1 unspecified atom stereocenters. The minimum atomic E-state index is -0.503. The lowest BCUT2D eigenvalue weighted by atomic mass is 9.95. The molecule has 6 nitrogen and oxygen atoms in total. The Balaban J connectivity index is 2.53. The molecule has 0 aliphatic carbocycles. The summed E-state index contributed by atoms with van der Waals surface area (Å²) in [6.07, 6.45) is -0.402. The Morgan fingerprint density at radius 2 is 1.68 bits per heavy atom. The minimum Gasteiger partial charge on any atom is -0.465 e. The Morgan fingerprint density at radius 3 is 2.16 bits per heavy atom. The average molecular weight is 350 g/mol. The van der Waals surface area contributed by atoms with Crippen LogP contribution in [0, 0.1) is 11.8 Å². The van der Waals surface area contributed by atoms with Crippen LogP contribution in [0.15, 0.2) is 24.3 Å². The predicted molar refractivity (Wildman–Crippen MR) is 98.8 cm³/mol. The third kappa shape index (κ3) is 7.92. The van der Waals surface area contributed by atoms with Gasteiger partial charge in [0, 0.05) is 18.8 Å². The maximum absolute atomic E-state index is 11.8. The lowest BCUT2D eigenvalue weighted by molar-refractivity contribution is 0.0515. The zero-order chi connectivity index (χ0) is 19.0. The first-order valence-electron chi connectivity index (χ1n) is 8.51. The first kappa shape index (κ1) is 20.8. The molecule has 1 aromatic carbocycles. The Bertz CT molecular complexity index is 562. The van der Waals surface area contributed by atoms with Crippen LogP contribution < -0.4 is 10.6 Å². The van der Waals surface area contributed by atoms with E-state index in [9.17, 15) is 9.59 Å². The summed E-state index contributed by atoms with van der Waals surface area (Å²) in [5, 5.41) is 6.16.